The van der Waals surface area contributed by atoms with Crippen molar-refractivity contribution in [2.45, 2.75) is 0 Å². The predicted molar refractivity (Wildman–Crippen MR) is 98.4 cm³/mol. The topological polar surface area (TPSA) is 72.3 Å². The summed E-state index contributed by atoms with van der Waals surface area (Å²) in [5.41, 5.74) is 12.7. The van der Waals surface area contributed by atoms with Crippen LogP contribution in [-0.4, -0.2) is 5.11 Å². The Bertz CT molecular complexity index is 964. The molecule has 0 saturated carbocycles. The number of hydrogen-bond donors (Lipinski definition) is 3. The lowest BCUT2D eigenvalue weighted by molar-refractivity contribution is 0.481. The van der Waals surface area contributed by atoms with Crippen LogP contribution in [0.4, 0.5) is 11.4 Å². The van der Waals surface area contributed by atoms with Crippen molar-refractivity contribution in [1.82, 2.24) is 0 Å². The molecule has 4 rings (SSSR count). The first-order valence-corrected chi connectivity index (χ1v) is 7.35. The first-order chi connectivity index (χ1) is 11.1. The Kier molecular flexibility index (Phi) is 4.02. The fourth-order valence-corrected chi connectivity index (χ4v) is 2.48. The van der Waals surface area contributed by atoms with E-state index in [2.05, 4.69) is 12.1 Å². The average Bonchev–Trinajstić information content (AvgIpc) is 2.56. The fraction of sp³-hybridized carbons (Fsp3) is 0. The van der Waals surface area contributed by atoms with Crippen molar-refractivity contribution < 1.29 is 5.11 Å². The van der Waals surface area contributed by atoms with E-state index < -0.39 is 0 Å². The van der Waals surface area contributed by atoms with E-state index in [1.54, 1.807) is 12.1 Å². The maximum absolute atomic E-state index is 9.44. The zero-order valence-electron chi connectivity index (χ0n) is 12.6. The smallest absolute Gasteiger partial charge is 0.123 e. The molecule has 0 unspecified atom stereocenters. The monoisotopic (exact) mass is 302 g/mol. The van der Waals surface area contributed by atoms with Crippen LogP contribution in [0, 0.1) is 0 Å². The highest BCUT2D eigenvalue weighted by atomic mass is 16.3. The van der Waals surface area contributed by atoms with Gasteiger partial charge < -0.3 is 16.6 Å². The molecule has 0 aliphatic heterocycles. The van der Waals surface area contributed by atoms with Gasteiger partial charge in [-0.05, 0) is 46.5 Å². The number of benzene rings is 4. The van der Waals surface area contributed by atoms with Crippen LogP contribution in [-0.2, 0) is 0 Å². The van der Waals surface area contributed by atoms with E-state index in [4.69, 9.17) is 11.5 Å². The van der Waals surface area contributed by atoms with Crippen LogP contribution in [0.15, 0.2) is 78.9 Å². The summed E-state index contributed by atoms with van der Waals surface area (Å²) >= 11 is 0. The Balaban J connectivity index is 0.000000136. The van der Waals surface area contributed by atoms with E-state index in [1.807, 2.05) is 54.6 Å². The van der Waals surface area contributed by atoms with E-state index >= 15 is 0 Å². The molecule has 0 saturated heterocycles. The van der Waals surface area contributed by atoms with Crippen LogP contribution in [0.2, 0.25) is 0 Å². The molecule has 0 amide bonds. The van der Waals surface area contributed by atoms with Gasteiger partial charge in [0.05, 0.1) is 0 Å². The number of phenols is 1. The molecular weight excluding hydrogens is 284 g/mol. The standard InChI is InChI=1S/C10H9NO.C10H9N/c11-8-5-4-7-2-1-3-10(12)9(7)6-8;11-10-6-5-8-3-1-2-4-9(8)7-10/h1-6,12H,11H2;1-7H,11H2. The molecule has 0 spiro atoms. The Labute approximate surface area is 134 Å². The average molecular weight is 302 g/mol. The SMILES string of the molecule is Nc1ccc2cccc(O)c2c1.Nc1ccc2ccccc2c1. The molecular formula is C20H18N2O. The highest BCUT2D eigenvalue weighted by molar-refractivity contribution is 5.90. The number of nitrogen functional groups attached to an aromatic ring is 2. The van der Waals surface area contributed by atoms with Crippen molar-refractivity contribution >= 4 is 32.9 Å². The molecule has 0 fully saturated rings. The number of hydrogen-bond acceptors (Lipinski definition) is 3. The van der Waals surface area contributed by atoms with Gasteiger partial charge >= 0.3 is 0 Å². The van der Waals surface area contributed by atoms with E-state index in [0.717, 1.165) is 16.5 Å². The molecule has 0 aliphatic carbocycles. The molecule has 5 N–H and O–H groups in total. The van der Waals surface area contributed by atoms with Gasteiger partial charge in [0.25, 0.3) is 0 Å². The Hall–Kier alpha value is -3.20. The quantitative estimate of drug-likeness (QED) is 0.417. The second-order valence-corrected chi connectivity index (χ2v) is 5.36. The van der Waals surface area contributed by atoms with E-state index in [0.29, 0.717) is 5.69 Å². The highest BCUT2D eigenvalue weighted by Crippen LogP contribution is 2.25. The van der Waals surface area contributed by atoms with E-state index in [9.17, 15) is 5.11 Å². The van der Waals surface area contributed by atoms with Gasteiger partial charge in [0.2, 0.25) is 0 Å². The lowest BCUT2D eigenvalue weighted by atomic mass is 10.1. The molecule has 3 heteroatoms. The number of fused-ring (bicyclic) bond motifs is 2. The highest BCUT2D eigenvalue weighted by Gasteiger charge is 1.97. The van der Waals surface area contributed by atoms with E-state index in [-0.39, 0.29) is 5.75 Å². The molecule has 0 aliphatic rings. The first-order valence-electron chi connectivity index (χ1n) is 7.35. The fourth-order valence-electron chi connectivity index (χ4n) is 2.48. The number of nitrogens with two attached hydrogens (primary N) is 2. The van der Waals surface area contributed by atoms with Crippen LogP contribution < -0.4 is 11.5 Å². The maximum Gasteiger partial charge on any atom is 0.123 e. The summed E-state index contributed by atoms with van der Waals surface area (Å²) in [6.07, 6.45) is 0. The molecule has 3 nitrogen and oxygen atoms in total. The number of aromatic hydroxyl groups is 1. The molecule has 0 aromatic heterocycles. The summed E-state index contributed by atoms with van der Waals surface area (Å²) in [7, 11) is 0. The summed E-state index contributed by atoms with van der Waals surface area (Å²) in [4.78, 5) is 0. The Morgan fingerprint density at radius 1 is 0.565 bits per heavy atom. The van der Waals surface area contributed by atoms with Gasteiger partial charge in [0.1, 0.15) is 5.75 Å². The molecule has 0 atom stereocenters. The summed E-state index contributed by atoms with van der Waals surface area (Å²) in [6.45, 7) is 0. The molecule has 0 bridgehead atoms. The van der Waals surface area contributed by atoms with Crippen molar-refractivity contribution in [3.63, 3.8) is 0 Å². The summed E-state index contributed by atoms with van der Waals surface area (Å²) in [5.74, 6) is 0.278. The summed E-state index contributed by atoms with van der Waals surface area (Å²) in [5, 5.41) is 13.7. The van der Waals surface area contributed by atoms with Gasteiger partial charge in [-0.25, -0.2) is 0 Å². The minimum atomic E-state index is 0.278. The van der Waals surface area contributed by atoms with Crippen LogP contribution in [0.25, 0.3) is 21.5 Å². The Morgan fingerprint density at radius 2 is 1.17 bits per heavy atom. The van der Waals surface area contributed by atoms with E-state index in [1.165, 1.54) is 10.8 Å². The normalized spacial score (nSPS) is 10.3. The van der Waals surface area contributed by atoms with Crippen LogP contribution in [0.5, 0.6) is 5.75 Å². The van der Waals surface area contributed by atoms with Gasteiger partial charge in [0, 0.05) is 16.8 Å². The molecule has 4 aromatic rings. The van der Waals surface area contributed by atoms with Gasteiger partial charge in [-0.15, -0.1) is 0 Å². The van der Waals surface area contributed by atoms with Gasteiger partial charge in [0.15, 0.2) is 0 Å². The van der Waals surface area contributed by atoms with Crippen molar-refractivity contribution in [2.75, 3.05) is 11.5 Å². The van der Waals surface area contributed by atoms with Crippen molar-refractivity contribution in [2.24, 2.45) is 0 Å². The van der Waals surface area contributed by atoms with Gasteiger partial charge in [-0.1, -0.05) is 48.5 Å². The summed E-state index contributed by atoms with van der Waals surface area (Å²) < 4.78 is 0. The molecule has 0 heterocycles. The number of rotatable bonds is 0. The minimum Gasteiger partial charge on any atom is -0.507 e. The Morgan fingerprint density at radius 3 is 1.96 bits per heavy atom. The third-order valence-corrected chi connectivity index (χ3v) is 3.66. The second-order valence-electron chi connectivity index (χ2n) is 5.36. The van der Waals surface area contributed by atoms with Crippen LogP contribution in [0.3, 0.4) is 0 Å². The van der Waals surface area contributed by atoms with Crippen LogP contribution in [0.1, 0.15) is 0 Å². The van der Waals surface area contributed by atoms with Crippen LogP contribution >= 0.6 is 0 Å². The lowest BCUT2D eigenvalue weighted by Crippen LogP contribution is -1.83. The molecule has 114 valence electrons. The van der Waals surface area contributed by atoms with Gasteiger partial charge in [-0.3, -0.25) is 0 Å². The third kappa shape index (κ3) is 3.35. The van der Waals surface area contributed by atoms with Crippen molar-refractivity contribution in [1.29, 1.82) is 0 Å². The molecule has 23 heavy (non-hydrogen) atoms. The number of phenolic OH excluding ortho intramolecular Hbond substituents is 1. The zero-order chi connectivity index (χ0) is 16.2. The maximum atomic E-state index is 9.44. The number of anilines is 2. The largest absolute Gasteiger partial charge is 0.507 e. The third-order valence-electron chi connectivity index (χ3n) is 3.66. The zero-order valence-corrected chi connectivity index (χ0v) is 12.6. The van der Waals surface area contributed by atoms with Crippen molar-refractivity contribution in [3.8, 4) is 5.75 Å². The summed E-state index contributed by atoms with van der Waals surface area (Å²) in [6, 6.07) is 25.0. The van der Waals surface area contributed by atoms with Crippen molar-refractivity contribution in [3.05, 3.63) is 78.9 Å². The minimum absolute atomic E-state index is 0.278. The first kappa shape index (κ1) is 14.7. The predicted octanol–water partition coefficient (Wildman–Crippen LogP) is 4.55. The lowest BCUT2D eigenvalue weighted by Gasteiger charge is -2.00. The molecule has 0 radical (unpaired) electrons. The second kappa shape index (κ2) is 6.28. The molecule has 4 aromatic carbocycles. The van der Waals surface area contributed by atoms with Gasteiger partial charge in [-0.2, -0.15) is 0 Å².